The molecule has 1 aromatic heterocycles. The van der Waals surface area contributed by atoms with Gasteiger partial charge in [-0.05, 0) is 18.8 Å². The Morgan fingerprint density at radius 3 is 2.68 bits per heavy atom. The second-order valence-corrected chi connectivity index (χ2v) is 5.33. The van der Waals surface area contributed by atoms with E-state index in [4.69, 9.17) is 4.74 Å². The number of ether oxygens (including phenoxy) is 1. The maximum absolute atomic E-state index is 11.8. The quantitative estimate of drug-likeness (QED) is 0.709. The fourth-order valence-corrected chi connectivity index (χ4v) is 2.02. The molecule has 0 N–H and O–H groups in total. The van der Waals surface area contributed by atoms with Crippen LogP contribution in [-0.2, 0) is 23.0 Å². The summed E-state index contributed by atoms with van der Waals surface area (Å²) < 4.78 is 7.01. The van der Waals surface area contributed by atoms with Crippen molar-refractivity contribution in [2.75, 3.05) is 6.61 Å². The molecule has 1 heterocycles. The Labute approximate surface area is 114 Å². The van der Waals surface area contributed by atoms with Crippen LogP contribution in [0.1, 0.15) is 57.1 Å². The van der Waals surface area contributed by atoms with Crippen LogP contribution in [-0.4, -0.2) is 27.3 Å². The topological polar surface area (TPSA) is 57.0 Å². The lowest BCUT2D eigenvalue weighted by molar-refractivity contribution is -0.144. The molecule has 0 bridgehead atoms. The van der Waals surface area contributed by atoms with Crippen LogP contribution >= 0.6 is 0 Å². The van der Waals surface area contributed by atoms with Gasteiger partial charge in [0.15, 0.2) is 5.82 Å². The molecule has 106 valence electrons. The van der Waals surface area contributed by atoms with Crippen molar-refractivity contribution in [1.82, 2.24) is 14.8 Å². The molecule has 0 atom stereocenters. The Balaban J connectivity index is 1.84. The Hall–Kier alpha value is -1.39. The zero-order chi connectivity index (χ0) is 13.8. The minimum absolute atomic E-state index is 0.204. The van der Waals surface area contributed by atoms with Crippen LogP contribution in [0.15, 0.2) is 0 Å². The van der Waals surface area contributed by atoms with Gasteiger partial charge in [0, 0.05) is 13.0 Å². The second kappa shape index (κ2) is 6.17. The molecule has 2 rings (SSSR count). The lowest BCUT2D eigenvalue weighted by Crippen LogP contribution is -2.16. The van der Waals surface area contributed by atoms with E-state index in [-0.39, 0.29) is 12.4 Å². The monoisotopic (exact) mass is 265 g/mol. The molecule has 1 aromatic rings. The number of aryl methyl sites for hydroxylation is 1. The van der Waals surface area contributed by atoms with Gasteiger partial charge < -0.3 is 4.74 Å². The molecule has 0 radical (unpaired) electrons. The fourth-order valence-electron chi connectivity index (χ4n) is 2.02. The maximum Gasteiger partial charge on any atom is 0.313 e. The summed E-state index contributed by atoms with van der Waals surface area (Å²) in [7, 11) is 1.84. The molecule has 1 aliphatic carbocycles. The van der Waals surface area contributed by atoms with Gasteiger partial charge in [-0.15, -0.1) is 0 Å². The normalized spacial score (nSPS) is 14.9. The van der Waals surface area contributed by atoms with E-state index in [9.17, 15) is 4.79 Å². The highest BCUT2D eigenvalue weighted by Gasteiger charge is 2.28. The summed E-state index contributed by atoms with van der Waals surface area (Å²) in [6, 6.07) is 0. The van der Waals surface area contributed by atoms with Gasteiger partial charge >= 0.3 is 5.97 Å². The summed E-state index contributed by atoms with van der Waals surface area (Å²) in [5, 5.41) is 4.35. The smallest absolute Gasteiger partial charge is 0.313 e. The molecule has 1 aliphatic rings. The van der Waals surface area contributed by atoms with Gasteiger partial charge in [0.25, 0.3) is 0 Å². The van der Waals surface area contributed by atoms with Crippen molar-refractivity contribution >= 4 is 5.97 Å². The average Bonchev–Trinajstić information content (AvgIpc) is 3.17. The van der Waals surface area contributed by atoms with Gasteiger partial charge in [-0.25, -0.2) is 4.98 Å². The van der Waals surface area contributed by atoms with Crippen molar-refractivity contribution < 1.29 is 9.53 Å². The predicted octanol–water partition coefficient (Wildman–Crippen LogP) is 2.21. The number of carbonyl (C=O) groups is 1. The highest BCUT2D eigenvalue weighted by atomic mass is 16.5. The van der Waals surface area contributed by atoms with E-state index in [0.29, 0.717) is 24.3 Å². The third-order valence-corrected chi connectivity index (χ3v) is 3.75. The molecular formula is C14H23N3O2. The lowest BCUT2D eigenvalue weighted by Gasteiger charge is -2.12. The van der Waals surface area contributed by atoms with Crippen molar-refractivity contribution in [2.45, 2.75) is 51.9 Å². The molecule has 1 fully saturated rings. The molecule has 0 amide bonds. The molecule has 0 unspecified atom stereocenters. The standard InChI is InChI=1S/C14H23N3O2/c1-4-10(5-2)9-19-13(18)8-12-15-14(11-6-7-11)16-17(12)3/h10-11H,4-9H2,1-3H3. The molecule has 0 saturated heterocycles. The Kier molecular flexibility index (Phi) is 4.56. The van der Waals surface area contributed by atoms with Gasteiger partial charge in [-0.2, -0.15) is 5.10 Å². The molecule has 0 aromatic carbocycles. The van der Waals surface area contributed by atoms with E-state index in [1.807, 2.05) is 7.05 Å². The summed E-state index contributed by atoms with van der Waals surface area (Å²) >= 11 is 0. The Morgan fingerprint density at radius 2 is 2.11 bits per heavy atom. The van der Waals surface area contributed by atoms with Crippen LogP contribution in [0.5, 0.6) is 0 Å². The molecule has 5 heteroatoms. The van der Waals surface area contributed by atoms with Crippen LogP contribution in [0.3, 0.4) is 0 Å². The molecule has 1 saturated carbocycles. The van der Waals surface area contributed by atoms with E-state index in [1.54, 1.807) is 4.68 Å². The fraction of sp³-hybridized carbons (Fsp3) is 0.786. The maximum atomic E-state index is 11.8. The molecule has 0 spiro atoms. The number of carbonyl (C=O) groups excluding carboxylic acids is 1. The van der Waals surface area contributed by atoms with Crippen LogP contribution < -0.4 is 0 Å². The van der Waals surface area contributed by atoms with Crippen LogP contribution in [0.2, 0.25) is 0 Å². The van der Waals surface area contributed by atoms with Crippen molar-refractivity contribution in [3.63, 3.8) is 0 Å². The summed E-state index contributed by atoms with van der Waals surface area (Å²) in [5.41, 5.74) is 0. The Morgan fingerprint density at radius 1 is 1.42 bits per heavy atom. The van der Waals surface area contributed by atoms with Gasteiger partial charge in [-0.1, -0.05) is 26.7 Å². The number of esters is 1. The third-order valence-electron chi connectivity index (χ3n) is 3.75. The third kappa shape index (κ3) is 3.78. The first-order valence-corrected chi connectivity index (χ1v) is 7.19. The van der Waals surface area contributed by atoms with Gasteiger partial charge in [-0.3, -0.25) is 9.48 Å². The molecule has 0 aliphatic heterocycles. The lowest BCUT2D eigenvalue weighted by atomic mass is 10.1. The minimum Gasteiger partial charge on any atom is -0.465 e. The van der Waals surface area contributed by atoms with E-state index < -0.39 is 0 Å². The zero-order valence-electron chi connectivity index (χ0n) is 12.1. The minimum atomic E-state index is -0.204. The van der Waals surface area contributed by atoms with Crippen molar-refractivity contribution in [3.05, 3.63) is 11.6 Å². The van der Waals surface area contributed by atoms with Crippen molar-refractivity contribution in [3.8, 4) is 0 Å². The first kappa shape index (κ1) is 14.0. The van der Waals surface area contributed by atoms with Crippen molar-refractivity contribution in [1.29, 1.82) is 0 Å². The Bertz CT molecular complexity index is 434. The van der Waals surface area contributed by atoms with E-state index >= 15 is 0 Å². The number of aromatic nitrogens is 3. The molecule has 19 heavy (non-hydrogen) atoms. The van der Waals surface area contributed by atoms with E-state index in [0.717, 1.165) is 18.7 Å². The van der Waals surface area contributed by atoms with E-state index in [2.05, 4.69) is 23.9 Å². The van der Waals surface area contributed by atoms with Crippen LogP contribution in [0.4, 0.5) is 0 Å². The predicted molar refractivity (Wildman–Crippen MR) is 71.7 cm³/mol. The highest BCUT2D eigenvalue weighted by Crippen LogP contribution is 2.37. The summed E-state index contributed by atoms with van der Waals surface area (Å²) in [4.78, 5) is 16.2. The number of rotatable bonds is 7. The summed E-state index contributed by atoms with van der Waals surface area (Å²) in [5.74, 6) is 2.36. The van der Waals surface area contributed by atoms with Crippen LogP contribution in [0, 0.1) is 5.92 Å². The number of nitrogens with zero attached hydrogens (tertiary/aromatic N) is 3. The van der Waals surface area contributed by atoms with Gasteiger partial charge in [0.05, 0.1) is 6.61 Å². The molecular weight excluding hydrogens is 242 g/mol. The molecule has 5 nitrogen and oxygen atoms in total. The second-order valence-electron chi connectivity index (χ2n) is 5.33. The number of hydrogen-bond acceptors (Lipinski definition) is 4. The summed E-state index contributed by atoms with van der Waals surface area (Å²) in [6.45, 7) is 4.75. The van der Waals surface area contributed by atoms with Crippen LogP contribution in [0.25, 0.3) is 0 Å². The average molecular weight is 265 g/mol. The van der Waals surface area contributed by atoms with Gasteiger partial charge in [0.1, 0.15) is 12.2 Å². The largest absolute Gasteiger partial charge is 0.465 e. The first-order chi connectivity index (χ1) is 9.13. The highest BCUT2D eigenvalue weighted by molar-refractivity contribution is 5.71. The van der Waals surface area contributed by atoms with E-state index in [1.165, 1.54) is 12.8 Å². The number of hydrogen-bond donors (Lipinski definition) is 0. The SMILES string of the molecule is CCC(CC)COC(=O)Cc1nc(C2CC2)nn1C. The van der Waals surface area contributed by atoms with Gasteiger partial charge in [0.2, 0.25) is 0 Å². The first-order valence-electron chi connectivity index (χ1n) is 7.19. The van der Waals surface area contributed by atoms with Crippen molar-refractivity contribution in [2.24, 2.45) is 13.0 Å². The summed E-state index contributed by atoms with van der Waals surface area (Å²) in [6.07, 6.45) is 4.64. The zero-order valence-corrected chi connectivity index (χ0v) is 12.1.